The van der Waals surface area contributed by atoms with Gasteiger partial charge in [-0.1, -0.05) is 32.0 Å². The van der Waals surface area contributed by atoms with Gasteiger partial charge in [0.15, 0.2) is 0 Å². The van der Waals surface area contributed by atoms with Crippen LogP contribution in [0.4, 0.5) is 5.69 Å². The Kier molecular flexibility index (Phi) is 3.85. The highest BCUT2D eigenvalue weighted by atomic mass is 15.1. The van der Waals surface area contributed by atoms with Crippen LogP contribution in [0.5, 0.6) is 0 Å². The number of fused-ring (bicyclic) bond motifs is 1. The van der Waals surface area contributed by atoms with Crippen molar-refractivity contribution in [3.8, 4) is 0 Å². The SMILES string of the molecule is CC1(C)CCCN(Cc2cc(N)c3ccccc3n2)CC1. The van der Waals surface area contributed by atoms with Gasteiger partial charge in [0.2, 0.25) is 0 Å². The predicted octanol–water partition coefficient (Wildman–Crippen LogP) is 3.83. The van der Waals surface area contributed by atoms with Gasteiger partial charge in [0.25, 0.3) is 0 Å². The summed E-state index contributed by atoms with van der Waals surface area (Å²) in [5.74, 6) is 0. The molecule has 3 rings (SSSR count). The summed E-state index contributed by atoms with van der Waals surface area (Å²) in [5, 5.41) is 1.05. The Morgan fingerprint density at radius 1 is 1.19 bits per heavy atom. The number of nitrogen functional groups attached to an aromatic ring is 1. The van der Waals surface area contributed by atoms with Crippen molar-refractivity contribution < 1.29 is 0 Å². The molecule has 0 unspecified atom stereocenters. The maximum atomic E-state index is 6.18. The topological polar surface area (TPSA) is 42.1 Å². The smallest absolute Gasteiger partial charge is 0.0726 e. The standard InChI is InChI=1S/C18H25N3/c1-18(2)8-5-10-21(11-9-18)13-14-12-16(19)15-6-3-4-7-17(15)20-14/h3-4,6-7,12H,5,8-11,13H2,1-2H3,(H2,19,20). The maximum absolute atomic E-state index is 6.18. The molecule has 21 heavy (non-hydrogen) atoms. The molecule has 0 amide bonds. The van der Waals surface area contributed by atoms with E-state index in [4.69, 9.17) is 10.7 Å². The zero-order valence-electron chi connectivity index (χ0n) is 13.1. The monoisotopic (exact) mass is 283 g/mol. The molecule has 0 atom stereocenters. The van der Waals surface area contributed by atoms with Gasteiger partial charge >= 0.3 is 0 Å². The number of benzene rings is 1. The average Bonchev–Trinajstić information content (AvgIpc) is 2.60. The molecule has 2 aromatic rings. The van der Waals surface area contributed by atoms with Crippen molar-refractivity contribution in [3.63, 3.8) is 0 Å². The third-order valence-corrected chi connectivity index (χ3v) is 4.62. The average molecular weight is 283 g/mol. The highest BCUT2D eigenvalue weighted by Gasteiger charge is 2.23. The molecule has 0 spiro atoms. The van der Waals surface area contributed by atoms with E-state index in [1.165, 1.54) is 19.3 Å². The van der Waals surface area contributed by atoms with Crippen LogP contribution in [0.1, 0.15) is 38.8 Å². The van der Waals surface area contributed by atoms with Crippen LogP contribution < -0.4 is 5.73 Å². The summed E-state index contributed by atoms with van der Waals surface area (Å²) in [7, 11) is 0. The van der Waals surface area contributed by atoms with Crippen molar-refractivity contribution >= 4 is 16.6 Å². The molecule has 1 saturated heterocycles. The second-order valence-electron chi connectivity index (χ2n) is 7.01. The van der Waals surface area contributed by atoms with Crippen LogP contribution in [0.3, 0.4) is 0 Å². The maximum Gasteiger partial charge on any atom is 0.0726 e. The van der Waals surface area contributed by atoms with Crippen molar-refractivity contribution in [2.24, 2.45) is 5.41 Å². The molecule has 2 heterocycles. The molecule has 0 bridgehead atoms. The largest absolute Gasteiger partial charge is 0.398 e. The molecule has 0 aliphatic carbocycles. The normalized spacial score (nSPS) is 19.5. The third kappa shape index (κ3) is 3.35. The van der Waals surface area contributed by atoms with E-state index in [-0.39, 0.29) is 0 Å². The third-order valence-electron chi connectivity index (χ3n) is 4.62. The summed E-state index contributed by atoms with van der Waals surface area (Å²) >= 11 is 0. The van der Waals surface area contributed by atoms with Crippen LogP contribution in [0.2, 0.25) is 0 Å². The van der Waals surface area contributed by atoms with Crippen LogP contribution in [-0.2, 0) is 6.54 Å². The van der Waals surface area contributed by atoms with Crippen LogP contribution in [0.25, 0.3) is 10.9 Å². The van der Waals surface area contributed by atoms with Crippen molar-refractivity contribution in [1.82, 2.24) is 9.88 Å². The Hall–Kier alpha value is -1.61. The molecule has 1 fully saturated rings. The number of anilines is 1. The second-order valence-corrected chi connectivity index (χ2v) is 7.01. The van der Waals surface area contributed by atoms with Crippen molar-refractivity contribution in [3.05, 3.63) is 36.0 Å². The Morgan fingerprint density at radius 2 is 2.00 bits per heavy atom. The van der Waals surface area contributed by atoms with E-state index in [1.807, 2.05) is 30.3 Å². The van der Waals surface area contributed by atoms with Crippen molar-refractivity contribution in [2.75, 3.05) is 18.8 Å². The Balaban J connectivity index is 1.78. The van der Waals surface area contributed by atoms with Gasteiger partial charge in [-0.15, -0.1) is 0 Å². The van der Waals surface area contributed by atoms with Crippen LogP contribution in [0, 0.1) is 5.41 Å². The molecular formula is C18H25N3. The fourth-order valence-corrected chi connectivity index (χ4v) is 3.21. The van der Waals surface area contributed by atoms with Gasteiger partial charge in [0, 0.05) is 17.6 Å². The Labute approximate surface area is 127 Å². The number of para-hydroxylation sites is 1. The second kappa shape index (κ2) is 5.64. The molecule has 1 aliphatic heterocycles. The van der Waals surface area contributed by atoms with Gasteiger partial charge in [-0.2, -0.15) is 0 Å². The quantitative estimate of drug-likeness (QED) is 0.910. The lowest BCUT2D eigenvalue weighted by Gasteiger charge is -2.23. The minimum Gasteiger partial charge on any atom is -0.398 e. The van der Waals surface area contributed by atoms with E-state index in [9.17, 15) is 0 Å². The van der Waals surface area contributed by atoms with Gasteiger partial charge in [-0.25, -0.2) is 0 Å². The fourth-order valence-electron chi connectivity index (χ4n) is 3.21. The number of nitrogens with two attached hydrogens (primary N) is 1. The van der Waals surface area contributed by atoms with Crippen LogP contribution in [0.15, 0.2) is 30.3 Å². The molecular weight excluding hydrogens is 258 g/mol. The van der Waals surface area contributed by atoms with Gasteiger partial charge in [0.1, 0.15) is 0 Å². The summed E-state index contributed by atoms with van der Waals surface area (Å²) < 4.78 is 0. The molecule has 3 heteroatoms. The lowest BCUT2D eigenvalue weighted by atomic mass is 9.85. The molecule has 1 aliphatic rings. The molecule has 0 radical (unpaired) electrons. The lowest BCUT2D eigenvalue weighted by Crippen LogP contribution is -2.25. The van der Waals surface area contributed by atoms with E-state index in [0.29, 0.717) is 5.41 Å². The lowest BCUT2D eigenvalue weighted by molar-refractivity contribution is 0.254. The minimum absolute atomic E-state index is 0.477. The first-order valence-corrected chi connectivity index (χ1v) is 7.90. The summed E-state index contributed by atoms with van der Waals surface area (Å²) in [6, 6.07) is 10.2. The molecule has 1 aromatic carbocycles. The number of hydrogen-bond donors (Lipinski definition) is 1. The summed E-state index contributed by atoms with van der Waals surface area (Å²) in [5.41, 5.74) is 9.58. The van der Waals surface area contributed by atoms with E-state index in [1.54, 1.807) is 0 Å². The van der Waals surface area contributed by atoms with Crippen molar-refractivity contribution in [2.45, 2.75) is 39.7 Å². The number of rotatable bonds is 2. The minimum atomic E-state index is 0.477. The van der Waals surface area contributed by atoms with E-state index >= 15 is 0 Å². The highest BCUT2D eigenvalue weighted by Crippen LogP contribution is 2.30. The molecule has 2 N–H and O–H groups in total. The van der Waals surface area contributed by atoms with Crippen LogP contribution >= 0.6 is 0 Å². The first-order valence-electron chi connectivity index (χ1n) is 7.90. The first kappa shape index (κ1) is 14.3. The summed E-state index contributed by atoms with van der Waals surface area (Å²) in [4.78, 5) is 7.29. The number of aromatic nitrogens is 1. The van der Waals surface area contributed by atoms with Gasteiger partial charge in [0.05, 0.1) is 11.2 Å². The summed E-state index contributed by atoms with van der Waals surface area (Å²) in [6.07, 6.45) is 3.85. The number of nitrogens with zero attached hydrogens (tertiary/aromatic N) is 2. The number of likely N-dealkylation sites (tertiary alicyclic amines) is 1. The predicted molar refractivity (Wildman–Crippen MR) is 89.1 cm³/mol. The summed E-state index contributed by atoms with van der Waals surface area (Å²) in [6.45, 7) is 7.98. The fraction of sp³-hybridized carbons (Fsp3) is 0.500. The number of hydrogen-bond acceptors (Lipinski definition) is 3. The van der Waals surface area contributed by atoms with E-state index in [0.717, 1.165) is 41.9 Å². The van der Waals surface area contributed by atoms with E-state index < -0.39 is 0 Å². The van der Waals surface area contributed by atoms with E-state index in [2.05, 4.69) is 18.7 Å². The zero-order valence-corrected chi connectivity index (χ0v) is 13.1. The number of pyridine rings is 1. The molecule has 3 nitrogen and oxygen atoms in total. The Bertz CT molecular complexity index is 633. The Morgan fingerprint density at radius 3 is 2.86 bits per heavy atom. The highest BCUT2D eigenvalue weighted by molar-refractivity contribution is 5.90. The molecule has 112 valence electrons. The first-order chi connectivity index (χ1) is 10.0. The molecule has 1 aromatic heterocycles. The van der Waals surface area contributed by atoms with Crippen molar-refractivity contribution in [1.29, 1.82) is 0 Å². The zero-order chi connectivity index (χ0) is 14.9. The van der Waals surface area contributed by atoms with Gasteiger partial charge < -0.3 is 5.73 Å². The van der Waals surface area contributed by atoms with Gasteiger partial charge in [-0.05, 0) is 49.9 Å². The molecule has 0 saturated carbocycles. The van der Waals surface area contributed by atoms with Gasteiger partial charge in [-0.3, -0.25) is 9.88 Å². The van der Waals surface area contributed by atoms with Crippen LogP contribution in [-0.4, -0.2) is 23.0 Å².